The summed E-state index contributed by atoms with van der Waals surface area (Å²) in [5, 5.41) is 25.8. The number of fused-ring (bicyclic) bond motifs is 1. The Morgan fingerprint density at radius 2 is 1.64 bits per heavy atom. The maximum absolute atomic E-state index is 12.8. The Hall–Kier alpha value is -4.27. The zero-order valence-electron chi connectivity index (χ0n) is 18.7. The van der Waals surface area contributed by atoms with Gasteiger partial charge in [0.2, 0.25) is 0 Å². The van der Waals surface area contributed by atoms with Gasteiger partial charge in [0.1, 0.15) is 16.3 Å². The highest BCUT2D eigenvalue weighted by atomic mass is 35.5. The molecular formula is C27H16ClN3O4S. The van der Waals surface area contributed by atoms with Crippen LogP contribution in [0.3, 0.4) is 0 Å². The lowest BCUT2D eigenvalue weighted by molar-refractivity contribution is 0.422. The molecule has 6 aromatic rings. The largest absolute Gasteiger partial charge is 0.506 e. The van der Waals surface area contributed by atoms with Crippen molar-refractivity contribution < 1.29 is 14.0 Å². The minimum absolute atomic E-state index is 0.100. The SMILES string of the molecule is Cc1noc(-c2ccc3oc(=O)c(-c4nnc(-c5ccccc5)s4)cc3c2O)c1-c1ccc(Cl)cc1. The minimum atomic E-state index is -0.567. The van der Waals surface area contributed by atoms with E-state index in [9.17, 15) is 9.90 Å². The Bertz CT molecular complexity index is 1790. The fraction of sp³-hybridized carbons (Fsp3) is 0.0370. The molecule has 0 spiro atoms. The molecule has 0 bridgehead atoms. The third kappa shape index (κ3) is 3.77. The second kappa shape index (κ2) is 8.75. The predicted octanol–water partition coefficient (Wildman–Crippen LogP) is 6.97. The number of phenols is 1. The van der Waals surface area contributed by atoms with Crippen molar-refractivity contribution in [3.63, 3.8) is 0 Å². The molecule has 9 heteroatoms. The van der Waals surface area contributed by atoms with E-state index in [1.165, 1.54) is 11.3 Å². The molecule has 0 aliphatic heterocycles. The summed E-state index contributed by atoms with van der Waals surface area (Å²) in [5.74, 6) is 0.293. The summed E-state index contributed by atoms with van der Waals surface area (Å²) in [6.07, 6.45) is 0. The molecule has 0 unspecified atom stereocenters. The van der Waals surface area contributed by atoms with E-state index >= 15 is 0 Å². The Labute approximate surface area is 213 Å². The van der Waals surface area contributed by atoms with Crippen LogP contribution in [0.2, 0.25) is 5.02 Å². The lowest BCUT2D eigenvalue weighted by atomic mass is 9.98. The number of rotatable bonds is 4. The molecule has 0 fully saturated rings. The summed E-state index contributed by atoms with van der Waals surface area (Å²) in [6, 6.07) is 21.7. The van der Waals surface area contributed by atoms with Crippen LogP contribution in [-0.4, -0.2) is 20.5 Å². The van der Waals surface area contributed by atoms with Crippen LogP contribution in [0.25, 0.3) is 54.6 Å². The molecule has 3 aromatic carbocycles. The Morgan fingerprint density at radius 3 is 2.42 bits per heavy atom. The van der Waals surface area contributed by atoms with E-state index in [1.807, 2.05) is 49.4 Å². The Kier molecular flexibility index (Phi) is 5.40. The molecule has 6 rings (SSSR count). The van der Waals surface area contributed by atoms with Crippen LogP contribution in [0.15, 0.2) is 86.5 Å². The van der Waals surface area contributed by atoms with E-state index in [2.05, 4.69) is 15.4 Å². The van der Waals surface area contributed by atoms with Gasteiger partial charge in [0.05, 0.1) is 27.8 Å². The minimum Gasteiger partial charge on any atom is -0.506 e. The van der Waals surface area contributed by atoms with Crippen LogP contribution in [0, 0.1) is 6.92 Å². The van der Waals surface area contributed by atoms with Gasteiger partial charge in [-0.05, 0) is 42.8 Å². The van der Waals surface area contributed by atoms with Gasteiger partial charge in [0.25, 0.3) is 0 Å². The molecule has 1 N–H and O–H groups in total. The first-order chi connectivity index (χ1) is 17.5. The fourth-order valence-electron chi connectivity index (χ4n) is 4.05. The van der Waals surface area contributed by atoms with E-state index in [1.54, 1.807) is 30.3 Å². The summed E-state index contributed by atoms with van der Waals surface area (Å²) in [5.41, 5.74) is 3.42. The fourth-order valence-corrected chi connectivity index (χ4v) is 5.03. The molecule has 0 saturated carbocycles. The van der Waals surface area contributed by atoms with E-state index in [0.717, 1.165) is 16.7 Å². The van der Waals surface area contributed by atoms with Crippen molar-refractivity contribution in [2.75, 3.05) is 0 Å². The van der Waals surface area contributed by atoms with Gasteiger partial charge in [0.15, 0.2) is 10.8 Å². The van der Waals surface area contributed by atoms with Gasteiger partial charge in [-0.15, -0.1) is 10.2 Å². The predicted molar refractivity (Wildman–Crippen MR) is 139 cm³/mol. The molecular weight excluding hydrogens is 498 g/mol. The quantitative estimate of drug-likeness (QED) is 0.254. The average molecular weight is 514 g/mol. The van der Waals surface area contributed by atoms with Crippen molar-refractivity contribution in [3.8, 4) is 49.3 Å². The van der Waals surface area contributed by atoms with Crippen molar-refractivity contribution in [2.24, 2.45) is 0 Å². The molecule has 7 nitrogen and oxygen atoms in total. The standard InChI is InChI=1S/C27H16ClN3O4S/c1-14-22(15-7-9-17(28)10-8-15)24(35-31-14)18-11-12-21-19(23(18)32)13-20(27(33)34-21)26-30-29-25(36-26)16-5-3-2-4-6-16/h2-13,32H,1H3. The highest BCUT2D eigenvalue weighted by molar-refractivity contribution is 7.17. The molecule has 0 aliphatic carbocycles. The molecule has 3 aromatic heterocycles. The number of nitrogens with zero attached hydrogens (tertiary/aromatic N) is 3. The van der Waals surface area contributed by atoms with Gasteiger partial charge in [-0.3, -0.25) is 0 Å². The van der Waals surface area contributed by atoms with Crippen LogP contribution in [0.4, 0.5) is 0 Å². The molecule has 36 heavy (non-hydrogen) atoms. The van der Waals surface area contributed by atoms with Gasteiger partial charge < -0.3 is 14.0 Å². The lowest BCUT2D eigenvalue weighted by Gasteiger charge is -2.08. The lowest BCUT2D eigenvalue weighted by Crippen LogP contribution is -2.02. The van der Waals surface area contributed by atoms with Gasteiger partial charge in [-0.2, -0.15) is 0 Å². The molecule has 0 atom stereocenters. The second-order valence-corrected chi connectivity index (χ2v) is 9.49. The van der Waals surface area contributed by atoms with Crippen molar-refractivity contribution in [3.05, 3.63) is 93.9 Å². The molecule has 0 radical (unpaired) electrons. The van der Waals surface area contributed by atoms with Crippen molar-refractivity contribution >= 4 is 33.9 Å². The Morgan fingerprint density at radius 1 is 0.889 bits per heavy atom. The van der Waals surface area contributed by atoms with Gasteiger partial charge in [0, 0.05) is 10.6 Å². The van der Waals surface area contributed by atoms with E-state index in [-0.39, 0.29) is 16.9 Å². The molecule has 0 saturated heterocycles. The summed E-state index contributed by atoms with van der Waals surface area (Å²) in [4.78, 5) is 12.8. The topological polar surface area (TPSA) is 102 Å². The van der Waals surface area contributed by atoms with E-state index in [4.69, 9.17) is 20.5 Å². The number of benzene rings is 3. The maximum Gasteiger partial charge on any atom is 0.346 e. The van der Waals surface area contributed by atoms with Crippen molar-refractivity contribution in [2.45, 2.75) is 6.92 Å². The van der Waals surface area contributed by atoms with Crippen LogP contribution in [-0.2, 0) is 0 Å². The molecule has 0 amide bonds. The third-order valence-corrected chi connectivity index (χ3v) is 7.06. The first-order valence-electron chi connectivity index (χ1n) is 10.9. The van der Waals surface area contributed by atoms with E-state index < -0.39 is 5.63 Å². The second-order valence-electron chi connectivity index (χ2n) is 8.08. The summed E-state index contributed by atoms with van der Waals surface area (Å²) in [7, 11) is 0. The zero-order chi connectivity index (χ0) is 24.8. The van der Waals surface area contributed by atoms with Crippen LogP contribution in [0.5, 0.6) is 5.75 Å². The molecule has 3 heterocycles. The zero-order valence-corrected chi connectivity index (χ0v) is 20.3. The number of halogens is 1. The Balaban J connectivity index is 1.49. The number of aromatic hydroxyl groups is 1. The number of aromatic nitrogens is 3. The summed E-state index contributed by atoms with van der Waals surface area (Å²) >= 11 is 7.32. The molecule has 0 aliphatic rings. The van der Waals surface area contributed by atoms with Crippen molar-refractivity contribution in [1.29, 1.82) is 0 Å². The maximum atomic E-state index is 12.8. The van der Waals surface area contributed by atoms with Gasteiger partial charge in [-0.25, -0.2) is 4.79 Å². The first-order valence-corrected chi connectivity index (χ1v) is 12.1. The van der Waals surface area contributed by atoms with Gasteiger partial charge >= 0.3 is 5.63 Å². The number of aryl methyl sites for hydroxylation is 1. The highest BCUT2D eigenvalue weighted by Gasteiger charge is 2.23. The highest BCUT2D eigenvalue weighted by Crippen LogP contribution is 2.42. The molecule has 176 valence electrons. The smallest absolute Gasteiger partial charge is 0.346 e. The third-order valence-electron chi connectivity index (χ3n) is 5.80. The average Bonchev–Trinajstić information content (AvgIpc) is 3.52. The van der Waals surface area contributed by atoms with E-state index in [0.29, 0.717) is 37.4 Å². The first kappa shape index (κ1) is 22.2. The van der Waals surface area contributed by atoms with Crippen LogP contribution >= 0.6 is 22.9 Å². The summed E-state index contributed by atoms with van der Waals surface area (Å²) < 4.78 is 11.2. The van der Waals surface area contributed by atoms with Crippen LogP contribution < -0.4 is 5.63 Å². The number of phenolic OH excluding ortho intramolecular Hbond substituents is 1. The number of hydrogen-bond acceptors (Lipinski definition) is 8. The number of hydrogen-bond donors (Lipinski definition) is 1. The van der Waals surface area contributed by atoms with Gasteiger partial charge in [-0.1, -0.05) is 70.6 Å². The normalized spacial score (nSPS) is 11.3. The summed E-state index contributed by atoms with van der Waals surface area (Å²) in [6.45, 7) is 1.83. The monoisotopic (exact) mass is 513 g/mol. The van der Waals surface area contributed by atoms with Crippen molar-refractivity contribution in [1.82, 2.24) is 15.4 Å². The van der Waals surface area contributed by atoms with Crippen LogP contribution in [0.1, 0.15) is 5.69 Å².